The largest absolute Gasteiger partial charge is 0.507 e. The predicted molar refractivity (Wildman–Crippen MR) is 82.6 cm³/mol. The summed E-state index contributed by atoms with van der Waals surface area (Å²) in [5.41, 5.74) is 1.15. The highest BCUT2D eigenvalue weighted by molar-refractivity contribution is 9.10. The number of pyridine rings is 1. The third-order valence-corrected chi connectivity index (χ3v) is 3.81. The van der Waals surface area contributed by atoms with Crippen molar-refractivity contribution in [2.45, 2.75) is 0 Å². The molecule has 2 radical (unpaired) electrons. The number of nitrogens with zero attached hydrogens (tertiary/aromatic N) is 2. The number of hydrogen-bond acceptors (Lipinski definition) is 4. The number of amides is 1. The van der Waals surface area contributed by atoms with Crippen LogP contribution in [0.15, 0.2) is 35.1 Å². The van der Waals surface area contributed by atoms with E-state index in [0.29, 0.717) is 34.6 Å². The molecule has 1 amide bonds. The van der Waals surface area contributed by atoms with E-state index in [9.17, 15) is 9.90 Å². The average Bonchev–Trinajstić information content (AvgIpc) is 2.51. The number of anilines is 1. The molecule has 0 aliphatic carbocycles. The van der Waals surface area contributed by atoms with Crippen molar-refractivity contribution in [1.29, 1.82) is 0 Å². The average molecular weight is 345 g/mol. The number of fused-ring (bicyclic) bond motifs is 1. The van der Waals surface area contributed by atoms with Gasteiger partial charge in [-0.3, -0.25) is 9.78 Å². The van der Waals surface area contributed by atoms with Gasteiger partial charge in [-0.1, -0.05) is 11.5 Å². The second kappa shape index (κ2) is 5.40. The van der Waals surface area contributed by atoms with Crippen LogP contribution < -0.4 is 15.1 Å². The monoisotopic (exact) mass is 344 g/mol. The van der Waals surface area contributed by atoms with Crippen molar-refractivity contribution >= 4 is 40.8 Å². The lowest BCUT2D eigenvalue weighted by Crippen LogP contribution is -2.38. The van der Waals surface area contributed by atoms with Crippen LogP contribution in [0.2, 0.25) is 0 Å². The molecular formula is C14H10BBrN2O3. The number of halogens is 1. The molecule has 1 aliphatic rings. The summed E-state index contributed by atoms with van der Waals surface area (Å²) in [6.45, 7) is 0.841. The van der Waals surface area contributed by atoms with Crippen LogP contribution in [0.25, 0.3) is 0 Å². The molecule has 104 valence electrons. The van der Waals surface area contributed by atoms with Gasteiger partial charge in [0.25, 0.3) is 5.91 Å². The molecule has 1 aromatic carbocycles. The van der Waals surface area contributed by atoms with Gasteiger partial charge in [0.1, 0.15) is 31.6 Å². The van der Waals surface area contributed by atoms with Crippen molar-refractivity contribution in [3.63, 3.8) is 0 Å². The van der Waals surface area contributed by atoms with Gasteiger partial charge in [-0.25, -0.2) is 0 Å². The van der Waals surface area contributed by atoms with Crippen molar-refractivity contribution in [1.82, 2.24) is 4.98 Å². The first-order valence-electron chi connectivity index (χ1n) is 6.24. The van der Waals surface area contributed by atoms with Crippen LogP contribution in [0.3, 0.4) is 0 Å². The van der Waals surface area contributed by atoms with E-state index in [1.807, 2.05) is 0 Å². The van der Waals surface area contributed by atoms with Gasteiger partial charge in [-0.2, -0.15) is 0 Å². The van der Waals surface area contributed by atoms with E-state index in [1.54, 1.807) is 29.4 Å². The molecule has 0 fully saturated rings. The lowest BCUT2D eigenvalue weighted by molar-refractivity contribution is 0.0976. The van der Waals surface area contributed by atoms with E-state index < -0.39 is 0 Å². The SMILES string of the molecule is [B]c1cc(C(=O)N2CCOc3ccncc32)cc(Br)c1O. The van der Waals surface area contributed by atoms with Gasteiger partial charge in [-0.05, 0) is 22.0 Å². The molecule has 3 rings (SSSR count). The van der Waals surface area contributed by atoms with E-state index in [2.05, 4.69) is 20.9 Å². The molecule has 0 bridgehead atoms. The summed E-state index contributed by atoms with van der Waals surface area (Å²) >= 11 is 3.18. The number of benzene rings is 1. The van der Waals surface area contributed by atoms with Gasteiger partial charge < -0.3 is 14.7 Å². The summed E-state index contributed by atoms with van der Waals surface area (Å²) in [4.78, 5) is 18.3. The summed E-state index contributed by atoms with van der Waals surface area (Å²) in [7, 11) is 5.70. The molecule has 0 unspecified atom stereocenters. The van der Waals surface area contributed by atoms with Crippen LogP contribution in [0.5, 0.6) is 11.5 Å². The molecule has 0 saturated carbocycles. The first kappa shape index (κ1) is 13.9. The number of carbonyl (C=O) groups excluding carboxylic acids is 1. The first-order valence-corrected chi connectivity index (χ1v) is 7.04. The fraction of sp³-hybridized carbons (Fsp3) is 0.143. The standard InChI is InChI=1S/C14H10BBrN2O3/c15-9-5-8(6-10(16)13(9)19)14(20)18-3-4-21-12-1-2-17-7-11(12)18/h1-2,5-7,19H,3-4H2. The lowest BCUT2D eigenvalue weighted by atomic mass is 9.93. The minimum Gasteiger partial charge on any atom is -0.507 e. The van der Waals surface area contributed by atoms with E-state index in [1.165, 1.54) is 6.07 Å². The zero-order valence-corrected chi connectivity index (χ0v) is 12.5. The fourth-order valence-corrected chi connectivity index (χ4v) is 2.65. The number of carbonyl (C=O) groups is 1. The summed E-state index contributed by atoms with van der Waals surface area (Å²) in [6, 6.07) is 4.71. The van der Waals surface area contributed by atoms with Crippen LogP contribution in [0.4, 0.5) is 5.69 Å². The number of aromatic hydroxyl groups is 1. The molecule has 21 heavy (non-hydrogen) atoms. The Morgan fingerprint density at radius 1 is 1.48 bits per heavy atom. The minimum atomic E-state index is -0.222. The second-order valence-corrected chi connectivity index (χ2v) is 5.40. The smallest absolute Gasteiger partial charge is 0.258 e. The maximum Gasteiger partial charge on any atom is 0.258 e. The summed E-state index contributed by atoms with van der Waals surface area (Å²) in [6.07, 6.45) is 3.20. The van der Waals surface area contributed by atoms with Crippen molar-refractivity contribution in [2.24, 2.45) is 0 Å². The normalized spacial score (nSPS) is 13.5. The van der Waals surface area contributed by atoms with Gasteiger partial charge in [0, 0.05) is 17.8 Å². The third kappa shape index (κ3) is 2.49. The maximum atomic E-state index is 12.7. The zero-order valence-electron chi connectivity index (χ0n) is 10.9. The van der Waals surface area contributed by atoms with Gasteiger partial charge in [-0.15, -0.1) is 0 Å². The maximum absolute atomic E-state index is 12.7. The Labute approximate surface area is 131 Å². The zero-order chi connectivity index (χ0) is 15.0. The van der Waals surface area contributed by atoms with E-state index in [4.69, 9.17) is 12.6 Å². The highest BCUT2D eigenvalue weighted by Crippen LogP contribution is 2.31. The Morgan fingerprint density at radius 3 is 3.05 bits per heavy atom. The Bertz CT molecular complexity index is 700. The highest BCUT2D eigenvalue weighted by atomic mass is 79.9. The summed E-state index contributed by atoms with van der Waals surface area (Å²) in [5.74, 6) is 0.325. The van der Waals surface area contributed by atoms with Crippen LogP contribution in [-0.2, 0) is 0 Å². The number of hydrogen-bond donors (Lipinski definition) is 1. The number of phenols is 1. The highest BCUT2D eigenvalue weighted by Gasteiger charge is 2.25. The first-order chi connectivity index (χ1) is 10.1. The van der Waals surface area contributed by atoms with Crippen molar-refractivity contribution in [3.8, 4) is 11.5 Å². The molecule has 1 aliphatic heterocycles. The van der Waals surface area contributed by atoms with E-state index in [0.717, 1.165) is 0 Å². The van der Waals surface area contributed by atoms with Gasteiger partial charge in [0.05, 0.1) is 17.2 Å². The minimum absolute atomic E-state index is 0.0735. The van der Waals surface area contributed by atoms with Crippen LogP contribution in [-0.4, -0.2) is 37.0 Å². The van der Waals surface area contributed by atoms with Gasteiger partial charge in [0.15, 0.2) is 0 Å². The second-order valence-electron chi connectivity index (χ2n) is 4.54. The van der Waals surface area contributed by atoms with Gasteiger partial charge >= 0.3 is 0 Å². The molecule has 2 aromatic rings. The Morgan fingerprint density at radius 2 is 2.29 bits per heavy atom. The molecule has 0 spiro atoms. The Balaban J connectivity index is 2.00. The van der Waals surface area contributed by atoms with Gasteiger partial charge in [0.2, 0.25) is 0 Å². The molecule has 1 aromatic heterocycles. The number of aromatic nitrogens is 1. The fourth-order valence-electron chi connectivity index (χ4n) is 2.18. The Hall–Kier alpha value is -2.02. The number of ether oxygens (including phenoxy) is 1. The Kier molecular flexibility index (Phi) is 3.59. The number of rotatable bonds is 1. The predicted octanol–water partition coefficient (Wildman–Crippen LogP) is 1.38. The van der Waals surface area contributed by atoms with Crippen molar-refractivity contribution in [2.75, 3.05) is 18.1 Å². The quantitative estimate of drug-likeness (QED) is 0.794. The molecule has 7 heteroatoms. The third-order valence-electron chi connectivity index (χ3n) is 3.21. The number of phenolic OH excluding ortho intramolecular Hbond substituents is 1. The van der Waals surface area contributed by atoms with Crippen LogP contribution >= 0.6 is 15.9 Å². The molecule has 0 saturated heterocycles. The van der Waals surface area contributed by atoms with Crippen LogP contribution in [0, 0.1) is 0 Å². The van der Waals surface area contributed by atoms with E-state index >= 15 is 0 Å². The van der Waals surface area contributed by atoms with Crippen LogP contribution in [0.1, 0.15) is 10.4 Å². The summed E-state index contributed by atoms with van der Waals surface area (Å²) < 4.78 is 5.88. The molecule has 1 N–H and O–H groups in total. The lowest BCUT2D eigenvalue weighted by Gasteiger charge is -2.29. The molecule has 2 heterocycles. The van der Waals surface area contributed by atoms with E-state index in [-0.39, 0.29) is 17.1 Å². The summed E-state index contributed by atoms with van der Waals surface area (Å²) in [5, 5.41) is 9.65. The molecule has 0 atom stereocenters. The van der Waals surface area contributed by atoms with Crippen molar-refractivity contribution in [3.05, 3.63) is 40.6 Å². The topological polar surface area (TPSA) is 62.7 Å². The molecule has 5 nitrogen and oxygen atoms in total. The van der Waals surface area contributed by atoms with Crippen molar-refractivity contribution < 1.29 is 14.6 Å². The molecular weight excluding hydrogens is 335 g/mol.